The van der Waals surface area contributed by atoms with Crippen molar-refractivity contribution in [2.75, 3.05) is 19.0 Å². The van der Waals surface area contributed by atoms with Gasteiger partial charge in [0, 0.05) is 66.2 Å². The van der Waals surface area contributed by atoms with Crippen LogP contribution < -0.4 is 4.90 Å². The quantitative estimate of drug-likeness (QED) is 0.162. The van der Waals surface area contributed by atoms with Gasteiger partial charge in [0.15, 0.2) is 5.78 Å². The SMILES string of the molecule is CCn1c2ccc(C(=O)c3ccc(N(C)C)cc3C)cc2c2cc(/C(C)=N/OC(C)=O)ccc21. The average molecular weight is 456 g/mol. The maximum Gasteiger partial charge on any atom is 0.331 e. The molecule has 1 aromatic heterocycles. The van der Waals surface area contributed by atoms with Gasteiger partial charge < -0.3 is 14.3 Å². The second kappa shape index (κ2) is 9.14. The number of carbonyl (C=O) groups is 2. The molecule has 0 spiro atoms. The van der Waals surface area contributed by atoms with Crippen LogP contribution in [-0.2, 0) is 16.2 Å². The molecule has 174 valence electrons. The smallest absolute Gasteiger partial charge is 0.331 e. The molecule has 0 unspecified atom stereocenters. The third-order valence-corrected chi connectivity index (χ3v) is 6.14. The van der Waals surface area contributed by atoms with E-state index in [-0.39, 0.29) is 5.78 Å². The topological polar surface area (TPSA) is 63.9 Å². The van der Waals surface area contributed by atoms with Crippen LogP contribution in [0, 0.1) is 6.92 Å². The number of rotatable bonds is 6. The highest BCUT2D eigenvalue weighted by Gasteiger charge is 2.17. The van der Waals surface area contributed by atoms with E-state index in [9.17, 15) is 9.59 Å². The Kier molecular flexibility index (Phi) is 6.24. The minimum Gasteiger partial charge on any atom is -0.378 e. The van der Waals surface area contributed by atoms with Crippen molar-refractivity contribution in [3.05, 3.63) is 76.9 Å². The number of hydrogen-bond donors (Lipinski definition) is 0. The monoisotopic (exact) mass is 455 g/mol. The van der Waals surface area contributed by atoms with Gasteiger partial charge in [-0.3, -0.25) is 4.79 Å². The Bertz CT molecular complexity index is 1460. The minimum absolute atomic E-state index is 0.00543. The molecule has 3 aromatic carbocycles. The molecule has 0 amide bonds. The summed E-state index contributed by atoms with van der Waals surface area (Å²) in [5.41, 5.74) is 6.99. The Morgan fingerprint density at radius 2 is 1.53 bits per heavy atom. The predicted octanol–water partition coefficient (Wildman–Crippen LogP) is 5.71. The molecule has 4 aromatic rings. The second-order valence-corrected chi connectivity index (χ2v) is 8.69. The number of anilines is 1. The zero-order valence-electron chi connectivity index (χ0n) is 20.5. The van der Waals surface area contributed by atoms with E-state index in [1.54, 1.807) is 6.92 Å². The van der Waals surface area contributed by atoms with E-state index in [4.69, 9.17) is 4.84 Å². The van der Waals surface area contributed by atoms with Crippen molar-refractivity contribution in [2.24, 2.45) is 5.16 Å². The van der Waals surface area contributed by atoms with Crippen molar-refractivity contribution in [2.45, 2.75) is 34.2 Å². The van der Waals surface area contributed by atoms with Crippen LogP contribution >= 0.6 is 0 Å². The first-order valence-electron chi connectivity index (χ1n) is 11.3. The van der Waals surface area contributed by atoms with E-state index in [1.165, 1.54) is 6.92 Å². The number of nitrogens with zero attached hydrogens (tertiary/aromatic N) is 3. The summed E-state index contributed by atoms with van der Waals surface area (Å²) in [6.07, 6.45) is 0. The first kappa shape index (κ1) is 23.2. The lowest BCUT2D eigenvalue weighted by Crippen LogP contribution is -2.10. The predicted molar refractivity (Wildman–Crippen MR) is 138 cm³/mol. The number of fused-ring (bicyclic) bond motifs is 3. The first-order chi connectivity index (χ1) is 16.2. The molecule has 0 aliphatic heterocycles. The van der Waals surface area contributed by atoms with Gasteiger partial charge in [0.05, 0.1) is 5.71 Å². The number of aryl methyl sites for hydroxylation is 2. The summed E-state index contributed by atoms with van der Waals surface area (Å²) < 4.78 is 2.23. The van der Waals surface area contributed by atoms with Crippen LogP contribution in [0.4, 0.5) is 5.69 Å². The molecule has 0 aliphatic rings. The van der Waals surface area contributed by atoms with Gasteiger partial charge in [-0.1, -0.05) is 11.2 Å². The van der Waals surface area contributed by atoms with Crippen molar-refractivity contribution in [3.8, 4) is 0 Å². The number of ketones is 1. The lowest BCUT2D eigenvalue weighted by Gasteiger charge is -2.14. The van der Waals surface area contributed by atoms with E-state index in [1.807, 2.05) is 80.5 Å². The zero-order valence-corrected chi connectivity index (χ0v) is 20.5. The Balaban J connectivity index is 1.84. The summed E-state index contributed by atoms with van der Waals surface area (Å²) in [6, 6.07) is 17.9. The zero-order chi connectivity index (χ0) is 24.6. The molecule has 0 atom stereocenters. The van der Waals surface area contributed by atoms with E-state index in [0.29, 0.717) is 16.8 Å². The van der Waals surface area contributed by atoms with Gasteiger partial charge in [-0.2, -0.15) is 0 Å². The van der Waals surface area contributed by atoms with Crippen LogP contribution in [0.25, 0.3) is 21.8 Å². The highest BCUT2D eigenvalue weighted by molar-refractivity contribution is 6.16. The number of benzene rings is 3. The fourth-order valence-corrected chi connectivity index (χ4v) is 4.33. The number of carbonyl (C=O) groups excluding carboxylic acids is 2. The average Bonchev–Trinajstić information content (AvgIpc) is 3.14. The van der Waals surface area contributed by atoms with E-state index in [0.717, 1.165) is 45.2 Å². The largest absolute Gasteiger partial charge is 0.378 e. The fourth-order valence-electron chi connectivity index (χ4n) is 4.33. The van der Waals surface area contributed by atoms with Crippen molar-refractivity contribution in [1.29, 1.82) is 0 Å². The van der Waals surface area contributed by atoms with Gasteiger partial charge in [-0.05, 0) is 80.4 Å². The summed E-state index contributed by atoms with van der Waals surface area (Å²) in [5.74, 6) is -0.453. The van der Waals surface area contributed by atoms with Gasteiger partial charge in [-0.25, -0.2) is 4.79 Å². The molecule has 0 saturated heterocycles. The normalized spacial score (nSPS) is 11.8. The molecule has 4 rings (SSSR count). The number of aromatic nitrogens is 1. The fraction of sp³-hybridized carbons (Fsp3) is 0.250. The van der Waals surface area contributed by atoms with Crippen molar-refractivity contribution >= 4 is 45.0 Å². The highest BCUT2D eigenvalue weighted by atomic mass is 16.7. The molecule has 0 aliphatic carbocycles. The van der Waals surface area contributed by atoms with Gasteiger partial charge >= 0.3 is 5.97 Å². The van der Waals surface area contributed by atoms with E-state index < -0.39 is 5.97 Å². The van der Waals surface area contributed by atoms with E-state index >= 15 is 0 Å². The number of oxime groups is 1. The maximum atomic E-state index is 13.4. The van der Waals surface area contributed by atoms with Crippen LogP contribution in [0.3, 0.4) is 0 Å². The maximum absolute atomic E-state index is 13.4. The molecule has 0 saturated carbocycles. The van der Waals surface area contributed by atoms with Gasteiger partial charge in [0.25, 0.3) is 0 Å². The molecule has 6 nitrogen and oxygen atoms in total. The van der Waals surface area contributed by atoms with Crippen LogP contribution in [0.2, 0.25) is 0 Å². The molecule has 1 heterocycles. The van der Waals surface area contributed by atoms with Crippen molar-refractivity contribution in [1.82, 2.24) is 4.57 Å². The summed E-state index contributed by atoms with van der Waals surface area (Å²) >= 11 is 0. The van der Waals surface area contributed by atoms with Gasteiger partial charge in [0.1, 0.15) is 0 Å². The molecular formula is C28H29N3O3. The standard InChI is InChI=1S/C28H29N3O3/c1-7-31-26-12-8-20(18(3)29-34-19(4)32)15-24(26)25-16-21(9-13-27(25)31)28(33)23-11-10-22(30(5)6)14-17(23)2/h8-16H,7H2,1-6H3/b29-18+. The second-order valence-electron chi connectivity index (χ2n) is 8.69. The molecule has 0 fully saturated rings. The molecule has 0 radical (unpaired) electrons. The van der Waals surface area contributed by atoms with Crippen molar-refractivity contribution in [3.63, 3.8) is 0 Å². The molecule has 6 heteroatoms. The Morgan fingerprint density at radius 1 is 0.912 bits per heavy atom. The van der Waals surface area contributed by atoms with Crippen molar-refractivity contribution < 1.29 is 14.4 Å². The van der Waals surface area contributed by atoms with Crippen LogP contribution in [-0.4, -0.2) is 36.1 Å². The molecular weight excluding hydrogens is 426 g/mol. The Labute approximate surface area is 199 Å². The summed E-state index contributed by atoms with van der Waals surface area (Å²) in [4.78, 5) is 31.4. The van der Waals surface area contributed by atoms with Crippen LogP contribution in [0.15, 0.2) is 59.8 Å². The lowest BCUT2D eigenvalue weighted by molar-refractivity contribution is -0.140. The third kappa shape index (κ3) is 4.19. The lowest BCUT2D eigenvalue weighted by atomic mass is 9.97. The Morgan fingerprint density at radius 3 is 2.09 bits per heavy atom. The number of hydrogen-bond acceptors (Lipinski definition) is 5. The van der Waals surface area contributed by atoms with Crippen LogP contribution in [0.1, 0.15) is 47.8 Å². The van der Waals surface area contributed by atoms with Crippen LogP contribution in [0.5, 0.6) is 0 Å². The third-order valence-electron chi connectivity index (χ3n) is 6.14. The first-order valence-corrected chi connectivity index (χ1v) is 11.3. The van der Waals surface area contributed by atoms with Gasteiger partial charge in [0.2, 0.25) is 0 Å². The minimum atomic E-state index is -0.458. The summed E-state index contributed by atoms with van der Waals surface area (Å²) in [5, 5.41) is 5.96. The summed E-state index contributed by atoms with van der Waals surface area (Å²) in [6.45, 7) is 8.01. The molecule has 34 heavy (non-hydrogen) atoms. The molecule has 0 bridgehead atoms. The highest BCUT2D eigenvalue weighted by Crippen LogP contribution is 2.32. The van der Waals surface area contributed by atoms with Gasteiger partial charge in [-0.15, -0.1) is 0 Å². The van der Waals surface area contributed by atoms with E-state index in [2.05, 4.69) is 16.6 Å². The summed E-state index contributed by atoms with van der Waals surface area (Å²) in [7, 11) is 3.97. The Hall–Kier alpha value is -3.93. The molecule has 0 N–H and O–H groups in total.